The average Bonchev–Trinajstić information content (AvgIpc) is 2.89. The normalized spacial score (nSPS) is 11.7. The van der Waals surface area contributed by atoms with Crippen molar-refractivity contribution in [2.45, 2.75) is 4.90 Å². The highest BCUT2D eigenvalue weighted by atomic mass is 32.2. The van der Waals surface area contributed by atoms with Gasteiger partial charge < -0.3 is 4.74 Å². The van der Waals surface area contributed by atoms with Gasteiger partial charge in [-0.05, 0) is 18.2 Å². The summed E-state index contributed by atoms with van der Waals surface area (Å²) in [6.45, 7) is 0. The van der Waals surface area contributed by atoms with Crippen molar-refractivity contribution in [1.82, 2.24) is 14.4 Å². The molecule has 3 rings (SSSR count). The van der Waals surface area contributed by atoms with Crippen molar-refractivity contribution in [1.29, 1.82) is 0 Å². The molecule has 7 nitrogen and oxygen atoms in total. The molecule has 21 heavy (non-hydrogen) atoms. The van der Waals surface area contributed by atoms with Crippen LogP contribution in [0.15, 0.2) is 47.9 Å². The van der Waals surface area contributed by atoms with E-state index in [0.717, 1.165) is 5.65 Å². The molecule has 8 heteroatoms. The summed E-state index contributed by atoms with van der Waals surface area (Å²) >= 11 is 0. The van der Waals surface area contributed by atoms with Gasteiger partial charge in [-0.3, -0.25) is 4.40 Å². The van der Waals surface area contributed by atoms with Crippen LogP contribution in [0, 0.1) is 0 Å². The highest BCUT2D eigenvalue weighted by molar-refractivity contribution is 7.89. The zero-order chi connectivity index (χ0) is 15.0. The Kier molecular flexibility index (Phi) is 3.11. The molecule has 0 aliphatic heterocycles. The van der Waals surface area contributed by atoms with Gasteiger partial charge in [0.15, 0.2) is 0 Å². The summed E-state index contributed by atoms with van der Waals surface area (Å²) in [5, 5.41) is 5.12. The summed E-state index contributed by atoms with van der Waals surface area (Å²) in [4.78, 5) is 8.44. The van der Waals surface area contributed by atoms with Crippen LogP contribution in [0.5, 0.6) is 5.75 Å². The second-order valence-corrected chi connectivity index (χ2v) is 5.94. The fourth-order valence-corrected chi connectivity index (χ4v) is 2.56. The molecule has 0 saturated heterocycles. The first kappa shape index (κ1) is 13.5. The van der Waals surface area contributed by atoms with Gasteiger partial charge in [0.25, 0.3) is 0 Å². The van der Waals surface area contributed by atoms with Crippen LogP contribution in [0.2, 0.25) is 0 Å². The number of ether oxygens (including phenoxy) is 1. The van der Waals surface area contributed by atoms with E-state index in [1.54, 1.807) is 35.3 Å². The zero-order valence-corrected chi connectivity index (χ0v) is 11.9. The first-order valence-corrected chi connectivity index (χ1v) is 7.53. The number of benzene rings is 1. The standard InChI is InChI=1S/C13H12N4O3S/c1-20-12-6-9(21(14,18)19)2-3-10(12)11-7-17-8-15-5-4-13(17)16-11/h2-8H,1H3,(H2,14,18,19). The number of sulfonamides is 1. The minimum absolute atomic E-state index is 0.00599. The second kappa shape index (κ2) is 4.83. The van der Waals surface area contributed by atoms with E-state index in [1.165, 1.54) is 19.2 Å². The van der Waals surface area contributed by atoms with E-state index >= 15 is 0 Å². The maximum atomic E-state index is 11.4. The van der Waals surface area contributed by atoms with Crippen LogP contribution >= 0.6 is 0 Å². The van der Waals surface area contributed by atoms with E-state index in [9.17, 15) is 8.42 Å². The molecular weight excluding hydrogens is 292 g/mol. The number of hydrogen-bond acceptors (Lipinski definition) is 5. The van der Waals surface area contributed by atoms with Crippen molar-refractivity contribution >= 4 is 15.7 Å². The summed E-state index contributed by atoms with van der Waals surface area (Å²) in [5.41, 5.74) is 2.06. The van der Waals surface area contributed by atoms with Crippen molar-refractivity contribution in [3.05, 3.63) is 43.0 Å². The fraction of sp³-hybridized carbons (Fsp3) is 0.0769. The lowest BCUT2D eigenvalue weighted by molar-refractivity contribution is 0.415. The average molecular weight is 304 g/mol. The molecule has 0 amide bonds. The zero-order valence-electron chi connectivity index (χ0n) is 11.1. The van der Waals surface area contributed by atoms with E-state index in [4.69, 9.17) is 9.88 Å². The number of methoxy groups -OCH3 is 1. The predicted octanol–water partition coefficient (Wildman–Crippen LogP) is 1.05. The first-order valence-electron chi connectivity index (χ1n) is 5.99. The Morgan fingerprint density at radius 3 is 2.76 bits per heavy atom. The summed E-state index contributed by atoms with van der Waals surface area (Å²) in [6, 6.07) is 6.20. The lowest BCUT2D eigenvalue weighted by Gasteiger charge is -2.07. The number of primary sulfonamides is 1. The minimum Gasteiger partial charge on any atom is -0.496 e. The van der Waals surface area contributed by atoms with Crippen LogP contribution in [-0.4, -0.2) is 29.9 Å². The third kappa shape index (κ3) is 2.46. The van der Waals surface area contributed by atoms with E-state index in [2.05, 4.69) is 9.97 Å². The third-order valence-electron chi connectivity index (χ3n) is 3.04. The van der Waals surface area contributed by atoms with Gasteiger partial charge in [-0.1, -0.05) is 0 Å². The number of nitrogens with zero attached hydrogens (tertiary/aromatic N) is 3. The molecular formula is C13H12N4O3S. The van der Waals surface area contributed by atoms with E-state index in [0.29, 0.717) is 17.0 Å². The lowest BCUT2D eigenvalue weighted by atomic mass is 10.1. The Hall–Kier alpha value is -2.45. The van der Waals surface area contributed by atoms with Crippen LogP contribution in [-0.2, 0) is 10.0 Å². The number of aromatic nitrogens is 3. The highest BCUT2D eigenvalue weighted by Crippen LogP contribution is 2.31. The van der Waals surface area contributed by atoms with Gasteiger partial charge in [0.1, 0.15) is 17.7 Å². The molecule has 0 spiro atoms. The van der Waals surface area contributed by atoms with Gasteiger partial charge in [0.2, 0.25) is 10.0 Å². The number of hydrogen-bond donors (Lipinski definition) is 1. The molecule has 0 radical (unpaired) electrons. The van der Waals surface area contributed by atoms with Crippen molar-refractivity contribution in [3.8, 4) is 17.0 Å². The van der Waals surface area contributed by atoms with Gasteiger partial charge in [0, 0.05) is 24.0 Å². The summed E-state index contributed by atoms with van der Waals surface area (Å²) in [7, 11) is -2.31. The molecule has 0 atom stereocenters. The maximum Gasteiger partial charge on any atom is 0.238 e. The molecule has 0 unspecified atom stereocenters. The van der Waals surface area contributed by atoms with Crippen molar-refractivity contribution in [2.75, 3.05) is 7.11 Å². The molecule has 3 aromatic rings. The molecule has 2 heterocycles. The van der Waals surface area contributed by atoms with E-state index < -0.39 is 10.0 Å². The van der Waals surface area contributed by atoms with Gasteiger partial charge in [-0.25, -0.2) is 23.5 Å². The largest absolute Gasteiger partial charge is 0.496 e. The topological polar surface area (TPSA) is 99.6 Å². The van der Waals surface area contributed by atoms with Crippen molar-refractivity contribution in [2.24, 2.45) is 5.14 Å². The molecule has 0 fully saturated rings. The minimum atomic E-state index is -3.77. The molecule has 0 bridgehead atoms. The summed E-state index contributed by atoms with van der Waals surface area (Å²) in [5.74, 6) is 0.387. The van der Waals surface area contributed by atoms with Crippen molar-refractivity contribution < 1.29 is 13.2 Å². The third-order valence-corrected chi connectivity index (χ3v) is 3.95. The lowest BCUT2D eigenvalue weighted by Crippen LogP contribution is -2.12. The fourth-order valence-electron chi connectivity index (χ4n) is 2.03. The van der Waals surface area contributed by atoms with Crippen LogP contribution < -0.4 is 9.88 Å². The monoisotopic (exact) mass is 304 g/mol. The van der Waals surface area contributed by atoms with Gasteiger partial charge in [0.05, 0.1) is 17.7 Å². The Balaban J connectivity index is 2.17. The number of nitrogens with two attached hydrogens (primary N) is 1. The molecule has 0 aliphatic rings. The van der Waals surface area contributed by atoms with E-state index in [-0.39, 0.29) is 4.90 Å². The maximum absolute atomic E-state index is 11.4. The smallest absolute Gasteiger partial charge is 0.238 e. The number of fused-ring (bicyclic) bond motifs is 1. The molecule has 1 aromatic carbocycles. The Morgan fingerprint density at radius 1 is 1.29 bits per heavy atom. The Bertz CT molecular complexity index is 885. The summed E-state index contributed by atoms with van der Waals surface area (Å²) in [6.07, 6.45) is 5.07. The van der Waals surface area contributed by atoms with E-state index in [1.807, 2.05) is 0 Å². The molecule has 0 saturated carbocycles. The first-order chi connectivity index (χ1) is 9.99. The van der Waals surface area contributed by atoms with Crippen LogP contribution in [0.3, 0.4) is 0 Å². The molecule has 2 N–H and O–H groups in total. The predicted molar refractivity (Wildman–Crippen MR) is 76.3 cm³/mol. The number of imidazole rings is 1. The molecule has 2 aromatic heterocycles. The van der Waals surface area contributed by atoms with Crippen LogP contribution in [0.25, 0.3) is 16.9 Å². The number of rotatable bonds is 3. The second-order valence-electron chi connectivity index (χ2n) is 4.38. The summed E-state index contributed by atoms with van der Waals surface area (Å²) < 4.78 is 29.8. The molecule has 0 aliphatic carbocycles. The highest BCUT2D eigenvalue weighted by Gasteiger charge is 2.15. The Labute approximate surface area is 121 Å². The molecule has 108 valence electrons. The van der Waals surface area contributed by atoms with Gasteiger partial charge in [-0.2, -0.15) is 0 Å². The quantitative estimate of drug-likeness (QED) is 0.779. The van der Waals surface area contributed by atoms with Crippen LogP contribution in [0.4, 0.5) is 0 Å². The SMILES string of the molecule is COc1cc(S(N)(=O)=O)ccc1-c1cn2cnccc2n1. The van der Waals surface area contributed by atoms with Gasteiger partial charge in [-0.15, -0.1) is 0 Å². The van der Waals surface area contributed by atoms with Crippen LogP contribution in [0.1, 0.15) is 0 Å². The van der Waals surface area contributed by atoms with Crippen molar-refractivity contribution in [3.63, 3.8) is 0 Å². The Morgan fingerprint density at radius 2 is 2.10 bits per heavy atom. The van der Waals surface area contributed by atoms with Gasteiger partial charge >= 0.3 is 0 Å².